The fourth-order valence-electron chi connectivity index (χ4n) is 4.97. The van der Waals surface area contributed by atoms with Crippen molar-refractivity contribution in [3.63, 3.8) is 0 Å². The standard InChI is InChI=1S/C22H27N5O2S/c1-13-20(26-9-7-22(8-10-26)11-29-14(2)19(22)23)25-15(3)27(21(13)28)17-6-4-5-16-18(17)30-12-24-16/h4-6,12,14,19H,7-11,23H2,1-3H3/t14-,19+/m0/s1. The molecule has 0 saturated carbocycles. The zero-order valence-corrected chi connectivity index (χ0v) is 18.4. The lowest BCUT2D eigenvalue weighted by atomic mass is 9.73. The molecule has 2 aliphatic heterocycles. The Balaban J connectivity index is 1.49. The molecule has 4 heterocycles. The van der Waals surface area contributed by atoms with Gasteiger partial charge in [-0.05, 0) is 45.7 Å². The van der Waals surface area contributed by atoms with Crippen molar-refractivity contribution in [1.82, 2.24) is 14.5 Å². The molecular formula is C22H27N5O2S. The van der Waals surface area contributed by atoms with Crippen LogP contribution in [0.3, 0.4) is 0 Å². The third-order valence-corrected chi connectivity index (χ3v) is 7.80. The smallest absolute Gasteiger partial charge is 0.263 e. The van der Waals surface area contributed by atoms with E-state index in [-0.39, 0.29) is 23.1 Å². The topological polar surface area (TPSA) is 86.3 Å². The van der Waals surface area contributed by atoms with E-state index in [4.69, 9.17) is 15.5 Å². The fraction of sp³-hybridized carbons (Fsp3) is 0.500. The number of ether oxygens (including phenoxy) is 1. The van der Waals surface area contributed by atoms with Gasteiger partial charge in [0.1, 0.15) is 11.6 Å². The molecule has 2 saturated heterocycles. The molecule has 0 bridgehead atoms. The number of nitrogens with zero attached hydrogens (tertiary/aromatic N) is 4. The highest BCUT2D eigenvalue weighted by atomic mass is 32.1. The Kier molecular flexibility index (Phi) is 4.68. The van der Waals surface area contributed by atoms with E-state index in [0.29, 0.717) is 11.4 Å². The van der Waals surface area contributed by atoms with Gasteiger partial charge in [-0.25, -0.2) is 9.97 Å². The van der Waals surface area contributed by atoms with Crippen molar-refractivity contribution in [3.05, 3.63) is 45.5 Å². The molecule has 2 N–H and O–H groups in total. The number of hydrogen-bond acceptors (Lipinski definition) is 7. The summed E-state index contributed by atoms with van der Waals surface area (Å²) in [5.74, 6) is 1.48. The molecular weight excluding hydrogens is 398 g/mol. The molecule has 2 aliphatic rings. The summed E-state index contributed by atoms with van der Waals surface area (Å²) in [7, 11) is 0. The maximum absolute atomic E-state index is 13.4. The largest absolute Gasteiger partial charge is 0.376 e. The summed E-state index contributed by atoms with van der Waals surface area (Å²) >= 11 is 1.54. The number of aryl methyl sites for hydroxylation is 1. The van der Waals surface area contributed by atoms with Crippen LogP contribution in [0.4, 0.5) is 5.82 Å². The molecule has 1 spiro atoms. The quantitative estimate of drug-likeness (QED) is 0.679. The minimum absolute atomic E-state index is 0.0202. The highest BCUT2D eigenvalue weighted by molar-refractivity contribution is 7.17. The summed E-state index contributed by atoms with van der Waals surface area (Å²) in [5, 5.41) is 0. The first-order valence-corrected chi connectivity index (χ1v) is 11.3. The third-order valence-electron chi connectivity index (χ3n) is 6.93. The van der Waals surface area contributed by atoms with Crippen LogP contribution in [-0.2, 0) is 4.74 Å². The Morgan fingerprint density at radius 1 is 1.27 bits per heavy atom. The molecule has 0 radical (unpaired) electrons. The van der Waals surface area contributed by atoms with Gasteiger partial charge in [0.05, 0.1) is 39.7 Å². The van der Waals surface area contributed by atoms with Gasteiger partial charge in [0, 0.05) is 24.5 Å². The number of anilines is 1. The van der Waals surface area contributed by atoms with Crippen LogP contribution in [-0.4, -0.2) is 46.4 Å². The Hall–Kier alpha value is -2.29. The summed E-state index contributed by atoms with van der Waals surface area (Å²) in [6.45, 7) is 8.25. The van der Waals surface area contributed by atoms with Crippen molar-refractivity contribution in [2.24, 2.45) is 11.1 Å². The van der Waals surface area contributed by atoms with Crippen molar-refractivity contribution < 1.29 is 4.74 Å². The summed E-state index contributed by atoms with van der Waals surface area (Å²) in [6.07, 6.45) is 2.03. The van der Waals surface area contributed by atoms with Crippen molar-refractivity contribution in [1.29, 1.82) is 0 Å². The van der Waals surface area contributed by atoms with E-state index in [9.17, 15) is 4.79 Å². The second kappa shape index (κ2) is 7.14. The first-order chi connectivity index (χ1) is 14.4. The van der Waals surface area contributed by atoms with Crippen LogP contribution < -0.4 is 16.2 Å². The number of rotatable bonds is 2. The molecule has 5 rings (SSSR count). The van der Waals surface area contributed by atoms with Gasteiger partial charge in [-0.15, -0.1) is 11.3 Å². The molecule has 2 fully saturated rings. The Morgan fingerprint density at radius 2 is 2.03 bits per heavy atom. The van der Waals surface area contributed by atoms with Gasteiger partial charge in [0.2, 0.25) is 0 Å². The molecule has 0 aliphatic carbocycles. The summed E-state index contributed by atoms with van der Waals surface area (Å²) < 4.78 is 8.55. The van der Waals surface area contributed by atoms with Gasteiger partial charge in [-0.3, -0.25) is 9.36 Å². The Morgan fingerprint density at radius 3 is 2.73 bits per heavy atom. The summed E-state index contributed by atoms with van der Waals surface area (Å²) in [4.78, 5) is 24.9. The zero-order valence-electron chi connectivity index (χ0n) is 17.6. The maximum atomic E-state index is 13.4. The first-order valence-electron chi connectivity index (χ1n) is 10.5. The Bertz CT molecular complexity index is 1160. The van der Waals surface area contributed by atoms with E-state index < -0.39 is 0 Å². The molecule has 7 nitrogen and oxygen atoms in total. The number of nitrogens with two attached hydrogens (primary N) is 1. The average molecular weight is 426 g/mol. The lowest BCUT2D eigenvalue weighted by Crippen LogP contribution is -2.51. The molecule has 0 amide bonds. The molecule has 8 heteroatoms. The van der Waals surface area contributed by atoms with Crippen LogP contribution in [0, 0.1) is 19.3 Å². The van der Waals surface area contributed by atoms with Gasteiger partial charge < -0.3 is 15.4 Å². The third kappa shape index (κ3) is 2.89. The number of aromatic nitrogens is 3. The number of thiazole rings is 1. The van der Waals surface area contributed by atoms with Crippen molar-refractivity contribution >= 4 is 27.4 Å². The van der Waals surface area contributed by atoms with E-state index in [1.807, 2.05) is 37.6 Å². The van der Waals surface area contributed by atoms with Crippen LogP contribution in [0.2, 0.25) is 0 Å². The van der Waals surface area contributed by atoms with Crippen molar-refractivity contribution in [2.45, 2.75) is 45.8 Å². The number of benzene rings is 1. The normalized spacial score (nSPS) is 23.5. The minimum atomic E-state index is -0.0202. The van der Waals surface area contributed by atoms with Gasteiger partial charge in [0.25, 0.3) is 5.56 Å². The van der Waals surface area contributed by atoms with E-state index in [1.165, 1.54) is 0 Å². The number of hydrogen-bond donors (Lipinski definition) is 1. The van der Waals surface area contributed by atoms with Gasteiger partial charge in [-0.1, -0.05) is 6.07 Å². The fourth-order valence-corrected chi connectivity index (χ4v) is 5.77. The van der Waals surface area contributed by atoms with Crippen molar-refractivity contribution in [2.75, 3.05) is 24.6 Å². The van der Waals surface area contributed by atoms with E-state index in [2.05, 4.69) is 16.8 Å². The van der Waals surface area contributed by atoms with Crippen LogP contribution in [0.5, 0.6) is 0 Å². The predicted molar refractivity (Wildman–Crippen MR) is 120 cm³/mol. The number of piperidine rings is 1. The van der Waals surface area contributed by atoms with Crippen LogP contribution in [0.25, 0.3) is 15.9 Å². The molecule has 3 aromatic rings. The molecule has 158 valence electrons. The number of fused-ring (bicyclic) bond motifs is 1. The molecule has 2 aromatic heterocycles. The van der Waals surface area contributed by atoms with E-state index in [1.54, 1.807) is 15.9 Å². The monoisotopic (exact) mass is 425 g/mol. The van der Waals surface area contributed by atoms with E-state index >= 15 is 0 Å². The maximum Gasteiger partial charge on any atom is 0.263 e. The Labute approximate surface area is 179 Å². The minimum Gasteiger partial charge on any atom is -0.376 e. The first kappa shape index (κ1) is 19.7. The lowest BCUT2D eigenvalue weighted by molar-refractivity contribution is 0.0974. The summed E-state index contributed by atoms with van der Waals surface area (Å²) in [5.41, 5.74) is 10.7. The second-order valence-electron chi connectivity index (χ2n) is 8.62. The highest BCUT2D eigenvalue weighted by Crippen LogP contribution is 2.42. The van der Waals surface area contributed by atoms with E-state index in [0.717, 1.165) is 54.3 Å². The van der Waals surface area contributed by atoms with Crippen molar-refractivity contribution in [3.8, 4) is 5.69 Å². The molecule has 1 aromatic carbocycles. The molecule has 0 unspecified atom stereocenters. The SMILES string of the molecule is Cc1c(N2CCC3(CC2)CO[C@@H](C)[C@H]3N)nc(C)n(-c2cccc3ncsc23)c1=O. The van der Waals surface area contributed by atoms with Gasteiger partial charge in [-0.2, -0.15) is 0 Å². The highest BCUT2D eigenvalue weighted by Gasteiger charge is 2.47. The van der Waals surface area contributed by atoms with Gasteiger partial charge in [0.15, 0.2) is 0 Å². The molecule has 30 heavy (non-hydrogen) atoms. The zero-order chi connectivity index (χ0) is 21.0. The second-order valence-corrected chi connectivity index (χ2v) is 9.47. The van der Waals surface area contributed by atoms with Crippen LogP contribution in [0.15, 0.2) is 28.5 Å². The average Bonchev–Trinajstić information content (AvgIpc) is 3.33. The van der Waals surface area contributed by atoms with Gasteiger partial charge >= 0.3 is 0 Å². The van der Waals surface area contributed by atoms with Crippen LogP contribution >= 0.6 is 11.3 Å². The molecule has 2 atom stereocenters. The summed E-state index contributed by atoms with van der Waals surface area (Å²) in [6, 6.07) is 5.93. The lowest BCUT2D eigenvalue weighted by Gasteiger charge is -2.42. The van der Waals surface area contributed by atoms with Crippen LogP contribution in [0.1, 0.15) is 31.2 Å². The predicted octanol–water partition coefficient (Wildman–Crippen LogP) is 2.79.